The molecule has 2 aromatic rings. The van der Waals surface area contributed by atoms with Crippen molar-refractivity contribution >= 4 is 17.6 Å². The summed E-state index contributed by atoms with van der Waals surface area (Å²) in [5.74, 6) is 0.0782. The van der Waals surface area contributed by atoms with E-state index in [1.165, 1.54) is 17.7 Å². The lowest BCUT2D eigenvalue weighted by atomic mass is 10.1. The summed E-state index contributed by atoms with van der Waals surface area (Å²) >= 11 is 0. The van der Waals surface area contributed by atoms with Crippen molar-refractivity contribution in [3.63, 3.8) is 0 Å². The molecule has 1 saturated carbocycles. The molecule has 2 N–H and O–H groups in total. The summed E-state index contributed by atoms with van der Waals surface area (Å²) < 4.78 is 5.68. The van der Waals surface area contributed by atoms with Crippen LogP contribution in [0.15, 0.2) is 48.5 Å². The summed E-state index contributed by atoms with van der Waals surface area (Å²) in [5, 5.41) is 12.0. The molecule has 1 amide bonds. The van der Waals surface area contributed by atoms with E-state index in [-0.39, 0.29) is 17.6 Å². The Morgan fingerprint density at radius 1 is 1.19 bits per heavy atom. The highest BCUT2D eigenvalue weighted by molar-refractivity contribution is 5.95. The minimum absolute atomic E-state index is 0.0766. The first-order valence-corrected chi connectivity index (χ1v) is 8.83. The normalized spacial score (nSPS) is 18.4. The number of carbonyl (C=O) groups is 2. The quantitative estimate of drug-likeness (QED) is 0.778. The van der Waals surface area contributed by atoms with Crippen molar-refractivity contribution in [1.82, 2.24) is 0 Å². The molecule has 0 bridgehead atoms. The summed E-state index contributed by atoms with van der Waals surface area (Å²) in [7, 11) is 0. The summed E-state index contributed by atoms with van der Waals surface area (Å²) in [5.41, 5.74) is 1.78. The molecule has 0 aliphatic heterocycles. The summed E-state index contributed by atoms with van der Waals surface area (Å²) in [6.45, 7) is 3.76. The molecule has 1 aliphatic carbocycles. The number of carbonyl (C=O) groups excluding carboxylic acids is 1. The van der Waals surface area contributed by atoms with Gasteiger partial charge in [-0.05, 0) is 55.9 Å². The van der Waals surface area contributed by atoms with Crippen LogP contribution in [0.1, 0.15) is 48.5 Å². The second-order valence-electron chi connectivity index (χ2n) is 6.95. The first-order chi connectivity index (χ1) is 12.4. The first-order valence-electron chi connectivity index (χ1n) is 8.83. The lowest BCUT2D eigenvalue weighted by molar-refractivity contribution is -0.116. The average molecular weight is 353 g/mol. The minimum Gasteiger partial charge on any atom is -0.489 e. The molecule has 1 aliphatic rings. The molecule has 0 spiro atoms. The van der Waals surface area contributed by atoms with E-state index >= 15 is 0 Å². The Labute approximate surface area is 153 Å². The van der Waals surface area contributed by atoms with Crippen molar-refractivity contribution in [2.24, 2.45) is 5.92 Å². The van der Waals surface area contributed by atoms with Gasteiger partial charge in [0.15, 0.2) is 0 Å². The number of carboxylic acids is 1. The maximum absolute atomic E-state index is 12.4. The van der Waals surface area contributed by atoms with Crippen LogP contribution in [-0.4, -0.2) is 23.1 Å². The van der Waals surface area contributed by atoms with Gasteiger partial charge in [-0.3, -0.25) is 4.79 Å². The fraction of sp³-hybridized carbons (Fsp3) is 0.333. The molecule has 5 nitrogen and oxygen atoms in total. The lowest BCUT2D eigenvalue weighted by Crippen LogP contribution is -2.15. The highest BCUT2D eigenvalue weighted by Crippen LogP contribution is 2.49. The number of aromatic carboxylic acids is 1. The third kappa shape index (κ3) is 4.42. The van der Waals surface area contributed by atoms with E-state index in [1.807, 2.05) is 32.0 Å². The second-order valence-corrected chi connectivity index (χ2v) is 6.95. The number of ether oxygens (including phenoxy) is 1. The molecule has 5 heteroatoms. The second kappa shape index (κ2) is 7.60. The van der Waals surface area contributed by atoms with Crippen LogP contribution in [0.2, 0.25) is 0 Å². The number of rotatable bonds is 7. The third-order valence-electron chi connectivity index (χ3n) is 4.46. The van der Waals surface area contributed by atoms with E-state index in [0.29, 0.717) is 29.7 Å². The summed E-state index contributed by atoms with van der Waals surface area (Å²) in [6.07, 6.45) is 1.34. The minimum atomic E-state index is -1.04. The van der Waals surface area contributed by atoms with Crippen LogP contribution >= 0.6 is 0 Å². The molecule has 0 unspecified atom stereocenters. The van der Waals surface area contributed by atoms with Crippen molar-refractivity contribution in [2.75, 3.05) is 5.32 Å². The molecular formula is C21H23NO4. The van der Waals surface area contributed by atoms with Crippen LogP contribution in [0.3, 0.4) is 0 Å². The fourth-order valence-corrected chi connectivity index (χ4v) is 3.14. The SMILES string of the molecule is CC(C)Oc1ccc(C(=O)O)cc1NC(=O)C[C@@H]1C[C@H]1c1ccccc1. The van der Waals surface area contributed by atoms with Crippen molar-refractivity contribution in [1.29, 1.82) is 0 Å². The fourth-order valence-electron chi connectivity index (χ4n) is 3.14. The molecule has 1 fully saturated rings. The van der Waals surface area contributed by atoms with E-state index in [1.54, 1.807) is 6.07 Å². The number of nitrogens with one attached hydrogen (secondary N) is 1. The van der Waals surface area contributed by atoms with E-state index in [4.69, 9.17) is 4.74 Å². The van der Waals surface area contributed by atoms with Crippen LogP contribution in [-0.2, 0) is 4.79 Å². The van der Waals surface area contributed by atoms with E-state index < -0.39 is 5.97 Å². The van der Waals surface area contributed by atoms with Crippen LogP contribution in [0.25, 0.3) is 0 Å². The van der Waals surface area contributed by atoms with E-state index in [0.717, 1.165) is 6.42 Å². The molecule has 136 valence electrons. The number of hydrogen-bond acceptors (Lipinski definition) is 3. The smallest absolute Gasteiger partial charge is 0.335 e. The zero-order valence-corrected chi connectivity index (χ0v) is 14.9. The zero-order chi connectivity index (χ0) is 18.7. The van der Waals surface area contributed by atoms with Gasteiger partial charge in [0, 0.05) is 6.42 Å². The Morgan fingerprint density at radius 2 is 1.92 bits per heavy atom. The summed E-state index contributed by atoms with van der Waals surface area (Å²) in [4.78, 5) is 23.7. The molecule has 3 rings (SSSR count). The highest BCUT2D eigenvalue weighted by Gasteiger charge is 2.39. The monoisotopic (exact) mass is 353 g/mol. The number of benzene rings is 2. The maximum atomic E-state index is 12.4. The van der Waals surface area contributed by atoms with E-state index in [2.05, 4.69) is 17.4 Å². The van der Waals surface area contributed by atoms with Gasteiger partial charge in [-0.25, -0.2) is 4.79 Å². The molecule has 2 aromatic carbocycles. The van der Waals surface area contributed by atoms with Gasteiger partial charge < -0.3 is 15.2 Å². The molecular weight excluding hydrogens is 330 g/mol. The largest absolute Gasteiger partial charge is 0.489 e. The van der Waals surface area contributed by atoms with Crippen LogP contribution in [0.5, 0.6) is 5.75 Å². The lowest BCUT2D eigenvalue weighted by Gasteiger charge is -2.15. The van der Waals surface area contributed by atoms with Gasteiger partial charge in [0.25, 0.3) is 0 Å². The average Bonchev–Trinajstić information content (AvgIpc) is 3.35. The third-order valence-corrected chi connectivity index (χ3v) is 4.46. The van der Waals surface area contributed by atoms with Crippen LogP contribution < -0.4 is 10.1 Å². The first kappa shape index (κ1) is 18.0. The Hall–Kier alpha value is -2.82. The Morgan fingerprint density at radius 3 is 2.58 bits per heavy atom. The van der Waals surface area contributed by atoms with Gasteiger partial charge in [-0.15, -0.1) is 0 Å². The standard InChI is InChI=1S/C21H23NO4/c1-13(2)26-19-9-8-15(21(24)25)11-18(19)22-20(23)12-16-10-17(16)14-6-4-3-5-7-14/h3-9,11,13,16-17H,10,12H2,1-2H3,(H,22,23)(H,24,25)/t16-,17-/m0/s1. The highest BCUT2D eigenvalue weighted by atomic mass is 16.5. The number of hydrogen-bond donors (Lipinski definition) is 2. The van der Waals surface area contributed by atoms with Crippen LogP contribution in [0.4, 0.5) is 5.69 Å². The van der Waals surface area contributed by atoms with Gasteiger partial charge in [-0.2, -0.15) is 0 Å². The zero-order valence-electron chi connectivity index (χ0n) is 14.9. The maximum Gasteiger partial charge on any atom is 0.335 e. The number of carboxylic acid groups (broad SMARTS) is 1. The molecule has 0 heterocycles. The molecule has 0 radical (unpaired) electrons. The van der Waals surface area contributed by atoms with Crippen molar-refractivity contribution in [3.05, 3.63) is 59.7 Å². The number of anilines is 1. The van der Waals surface area contributed by atoms with Crippen molar-refractivity contribution in [2.45, 2.75) is 38.7 Å². The predicted molar refractivity (Wildman–Crippen MR) is 99.7 cm³/mol. The molecule has 0 saturated heterocycles. The summed E-state index contributed by atoms with van der Waals surface area (Å²) in [6, 6.07) is 14.7. The molecule has 26 heavy (non-hydrogen) atoms. The van der Waals surface area contributed by atoms with Crippen LogP contribution in [0, 0.1) is 5.92 Å². The topological polar surface area (TPSA) is 75.6 Å². The van der Waals surface area contributed by atoms with Gasteiger partial charge in [0.05, 0.1) is 17.4 Å². The van der Waals surface area contributed by atoms with Crippen molar-refractivity contribution < 1.29 is 19.4 Å². The van der Waals surface area contributed by atoms with Crippen molar-refractivity contribution in [3.8, 4) is 5.75 Å². The Balaban J connectivity index is 1.66. The van der Waals surface area contributed by atoms with Gasteiger partial charge >= 0.3 is 5.97 Å². The Bertz CT molecular complexity index is 801. The van der Waals surface area contributed by atoms with Gasteiger partial charge in [-0.1, -0.05) is 30.3 Å². The van der Waals surface area contributed by atoms with E-state index in [9.17, 15) is 14.7 Å². The molecule has 2 atom stereocenters. The van der Waals surface area contributed by atoms with Gasteiger partial charge in [0.1, 0.15) is 5.75 Å². The van der Waals surface area contributed by atoms with Gasteiger partial charge in [0.2, 0.25) is 5.91 Å². The predicted octanol–water partition coefficient (Wildman–Crippen LogP) is 4.30. The Kier molecular flexibility index (Phi) is 5.26. The molecule has 0 aromatic heterocycles. The number of amides is 1.